The van der Waals surface area contributed by atoms with Gasteiger partial charge in [0.25, 0.3) is 0 Å². The summed E-state index contributed by atoms with van der Waals surface area (Å²) in [4.78, 5) is 19.3. The lowest BCUT2D eigenvalue weighted by Gasteiger charge is -2.39. The Kier molecular flexibility index (Phi) is 8.92. The number of rotatable bonds is 11. The number of hydrogen-bond acceptors (Lipinski definition) is 7. The molecule has 192 valence electrons. The van der Waals surface area contributed by atoms with Crippen LogP contribution >= 0.6 is 11.8 Å². The fourth-order valence-electron chi connectivity index (χ4n) is 5.65. The van der Waals surface area contributed by atoms with Crippen LogP contribution in [0.1, 0.15) is 68.6 Å². The number of likely N-dealkylation sites (tertiary alicyclic amines) is 1. The summed E-state index contributed by atoms with van der Waals surface area (Å²) in [6, 6.07) is 5.58. The van der Waals surface area contributed by atoms with Crippen LogP contribution in [0.5, 0.6) is 5.75 Å². The number of hydrogen-bond donors (Lipinski definition) is 3. The maximum Gasteiger partial charge on any atom is 0.309 e. The van der Waals surface area contributed by atoms with Crippen molar-refractivity contribution in [2.24, 2.45) is 11.1 Å². The minimum atomic E-state index is -0.816. The van der Waals surface area contributed by atoms with Gasteiger partial charge in [-0.3, -0.25) is 9.78 Å². The van der Waals surface area contributed by atoms with Gasteiger partial charge in [-0.1, -0.05) is 12.8 Å². The number of pyridine rings is 1. The van der Waals surface area contributed by atoms with E-state index >= 15 is 0 Å². The number of carbonyl (C=O) groups is 1. The maximum absolute atomic E-state index is 12.4. The highest BCUT2D eigenvalue weighted by atomic mass is 32.2. The van der Waals surface area contributed by atoms with Gasteiger partial charge in [0.2, 0.25) is 0 Å². The Morgan fingerprint density at radius 3 is 2.71 bits per heavy atom. The van der Waals surface area contributed by atoms with E-state index in [9.17, 15) is 15.0 Å². The Labute approximate surface area is 212 Å². The molecule has 8 heteroatoms. The van der Waals surface area contributed by atoms with Gasteiger partial charge in [-0.25, -0.2) is 0 Å². The zero-order valence-electron chi connectivity index (χ0n) is 20.7. The Hall–Kier alpha value is -1.87. The van der Waals surface area contributed by atoms with E-state index in [0.29, 0.717) is 31.4 Å². The predicted molar refractivity (Wildman–Crippen MR) is 141 cm³/mol. The molecule has 0 radical (unpaired) electrons. The molecular formula is C27H39N3O4S. The van der Waals surface area contributed by atoms with E-state index in [1.165, 1.54) is 25.7 Å². The van der Waals surface area contributed by atoms with Crippen LogP contribution in [0.4, 0.5) is 0 Å². The lowest BCUT2D eigenvalue weighted by Crippen LogP contribution is -2.45. The smallest absolute Gasteiger partial charge is 0.309 e. The first-order valence-electron chi connectivity index (χ1n) is 12.9. The summed E-state index contributed by atoms with van der Waals surface area (Å²) >= 11 is 2.09. The number of piperidine rings is 1. The van der Waals surface area contributed by atoms with Crippen molar-refractivity contribution in [3.8, 4) is 5.75 Å². The number of aliphatic hydroxyl groups is 1. The number of carboxylic acids is 1. The zero-order chi connectivity index (χ0) is 24.8. The lowest BCUT2D eigenvalue weighted by molar-refractivity contribution is -0.153. The molecule has 1 saturated heterocycles. The van der Waals surface area contributed by atoms with Gasteiger partial charge < -0.3 is 25.6 Å². The number of aliphatic carboxylic acids is 1. The molecule has 0 unspecified atom stereocenters. The molecule has 2 aliphatic rings. The quantitative estimate of drug-likeness (QED) is 0.417. The monoisotopic (exact) mass is 501 g/mol. The van der Waals surface area contributed by atoms with Crippen LogP contribution in [0.2, 0.25) is 0 Å². The van der Waals surface area contributed by atoms with Crippen molar-refractivity contribution in [3.05, 3.63) is 35.5 Å². The largest absolute Gasteiger partial charge is 0.497 e. The van der Waals surface area contributed by atoms with Crippen molar-refractivity contribution in [2.45, 2.75) is 69.3 Å². The second kappa shape index (κ2) is 11.9. The zero-order valence-corrected chi connectivity index (χ0v) is 21.6. The number of aromatic nitrogens is 1. The van der Waals surface area contributed by atoms with Gasteiger partial charge >= 0.3 is 5.97 Å². The molecule has 7 nitrogen and oxygen atoms in total. The number of ether oxygens (including phenoxy) is 1. The second-order valence-electron chi connectivity index (χ2n) is 10.0. The SMILES string of the molecule is COc1ccc2ncc(CN)c([C@H](O)CCC3(C(=O)O)CCN(CCSC4CCCC4)CC3)c2c1. The van der Waals surface area contributed by atoms with E-state index in [-0.39, 0.29) is 6.54 Å². The first kappa shape index (κ1) is 26.2. The van der Waals surface area contributed by atoms with Crippen LogP contribution in [0.15, 0.2) is 24.4 Å². The molecule has 0 bridgehead atoms. The minimum absolute atomic E-state index is 0.254. The van der Waals surface area contributed by atoms with E-state index < -0.39 is 17.5 Å². The van der Waals surface area contributed by atoms with Crippen molar-refractivity contribution in [1.82, 2.24) is 9.88 Å². The highest BCUT2D eigenvalue weighted by molar-refractivity contribution is 7.99. The van der Waals surface area contributed by atoms with Crippen LogP contribution in [0, 0.1) is 5.41 Å². The van der Waals surface area contributed by atoms with E-state index in [1.807, 2.05) is 18.2 Å². The molecule has 1 aromatic heterocycles. The number of methoxy groups -OCH3 is 1. The molecule has 0 amide bonds. The third-order valence-corrected chi connectivity index (χ3v) is 9.34. The highest BCUT2D eigenvalue weighted by Gasteiger charge is 2.41. The fraction of sp³-hybridized carbons (Fsp3) is 0.630. The lowest BCUT2D eigenvalue weighted by atomic mass is 9.74. The van der Waals surface area contributed by atoms with Crippen molar-refractivity contribution in [1.29, 1.82) is 0 Å². The Balaban J connectivity index is 1.40. The summed E-state index contributed by atoms with van der Waals surface area (Å²) < 4.78 is 5.38. The summed E-state index contributed by atoms with van der Waals surface area (Å²) in [7, 11) is 1.61. The molecule has 1 aromatic carbocycles. The van der Waals surface area contributed by atoms with Crippen molar-refractivity contribution >= 4 is 28.6 Å². The molecule has 4 N–H and O–H groups in total. The van der Waals surface area contributed by atoms with Gasteiger partial charge in [0, 0.05) is 35.7 Å². The van der Waals surface area contributed by atoms with Crippen LogP contribution in [0.3, 0.4) is 0 Å². The van der Waals surface area contributed by atoms with Crippen molar-refractivity contribution in [3.63, 3.8) is 0 Å². The molecular weight excluding hydrogens is 462 g/mol. The Morgan fingerprint density at radius 2 is 2.06 bits per heavy atom. The summed E-state index contributed by atoms with van der Waals surface area (Å²) in [6.45, 7) is 2.89. The second-order valence-corrected chi connectivity index (χ2v) is 11.5. The van der Waals surface area contributed by atoms with E-state index in [2.05, 4.69) is 21.6 Å². The third-order valence-electron chi connectivity index (χ3n) is 7.98. The molecule has 35 heavy (non-hydrogen) atoms. The molecule has 1 aliphatic carbocycles. The number of aliphatic hydroxyl groups excluding tert-OH is 1. The number of fused-ring (bicyclic) bond motifs is 1. The third kappa shape index (κ3) is 6.10. The normalized spacial score (nSPS) is 19.7. The first-order chi connectivity index (χ1) is 17.0. The van der Waals surface area contributed by atoms with Gasteiger partial charge in [-0.2, -0.15) is 11.8 Å². The molecule has 0 spiro atoms. The van der Waals surface area contributed by atoms with Gasteiger partial charge in [-0.05, 0) is 80.9 Å². The van der Waals surface area contributed by atoms with E-state index in [4.69, 9.17) is 10.5 Å². The van der Waals surface area contributed by atoms with E-state index in [0.717, 1.165) is 52.7 Å². The molecule has 4 rings (SSSR count). The summed E-state index contributed by atoms with van der Waals surface area (Å²) in [6.07, 6.45) is 8.37. The van der Waals surface area contributed by atoms with Crippen molar-refractivity contribution in [2.75, 3.05) is 32.5 Å². The molecule has 1 atom stereocenters. The fourth-order valence-corrected chi connectivity index (χ4v) is 7.02. The van der Waals surface area contributed by atoms with E-state index in [1.54, 1.807) is 13.3 Å². The summed E-state index contributed by atoms with van der Waals surface area (Å²) in [5.74, 6) is 1.07. The van der Waals surface area contributed by atoms with Gasteiger partial charge in [0.15, 0.2) is 0 Å². The van der Waals surface area contributed by atoms with Crippen molar-refractivity contribution < 1.29 is 19.7 Å². The molecule has 1 aliphatic heterocycles. The standard InChI is InChI=1S/C27H39N3O4S/c1-34-20-6-7-23-22(16-20)25(19(17-28)18-29-23)24(31)8-9-27(26(32)33)10-12-30(13-11-27)14-15-35-21-4-2-3-5-21/h6-7,16,18,21,24,31H,2-5,8-15,17,28H2,1H3,(H,32,33)/t24-/m1/s1. The van der Waals surface area contributed by atoms with Gasteiger partial charge in [-0.15, -0.1) is 0 Å². The maximum atomic E-state index is 12.4. The number of nitrogens with two attached hydrogens (primary N) is 1. The van der Waals surface area contributed by atoms with Crippen LogP contribution in [0.25, 0.3) is 10.9 Å². The topological polar surface area (TPSA) is 109 Å². The Bertz CT molecular complexity index is 998. The van der Waals surface area contributed by atoms with Crippen LogP contribution < -0.4 is 10.5 Å². The summed E-state index contributed by atoms with van der Waals surface area (Å²) in [5.41, 5.74) is 7.45. The Morgan fingerprint density at radius 1 is 1.31 bits per heavy atom. The molecule has 2 heterocycles. The van der Waals surface area contributed by atoms with Crippen LogP contribution in [-0.4, -0.2) is 63.8 Å². The van der Waals surface area contributed by atoms with Crippen LogP contribution in [-0.2, 0) is 11.3 Å². The number of carboxylic acid groups (broad SMARTS) is 1. The number of nitrogens with zero attached hydrogens (tertiary/aromatic N) is 2. The minimum Gasteiger partial charge on any atom is -0.497 e. The number of benzene rings is 1. The average molecular weight is 502 g/mol. The predicted octanol–water partition coefficient (Wildman–Crippen LogP) is 4.36. The molecule has 1 saturated carbocycles. The van der Waals surface area contributed by atoms with Gasteiger partial charge in [0.1, 0.15) is 5.75 Å². The summed E-state index contributed by atoms with van der Waals surface area (Å²) in [5, 5.41) is 23.1. The molecule has 2 fully saturated rings. The number of thioether (sulfide) groups is 1. The highest BCUT2D eigenvalue weighted by Crippen LogP contribution is 2.40. The van der Waals surface area contributed by atoms with Gasteiger partial charge in [0.05, 0.1) is 24.1 Å². The molecule has 2 aromatic rings. The first-order valence-corrected chi connectivity index (χ1v) is 13.9. The average Bonchev–Trinajstić information content (AvgIpc) is 3.40.